The normalized spacial score (nSPS) is 11.4. The molecule has 5 nitrogen and oxygen atoms in total. The highest BCUT2D eigenvalue weighted by Crippen LogP contribution is 2.31. The molecule has 0 unspecified atom stereocenters. The molecule has 0 aliphatic carbocycles. The number of furan rings is 1. The van der Waals surface area contributed by atoms with Gasteiger partial charge in [0.05, 0.1) is 43.7 Å². The van der Waals surface area contributed by atoms with E-state index in [1.54, 1.807) is 28.4 Å². The molecule has 1 amide bonds. The topological polar surface area (TPSA) is 50.8 Å². The fraction of sp³-hybridized carbons (Fsp3) is 0.333. The number of rotatable bonds is 5. The maximum Gasteiger partial charge on any atom is 0.295 e. The number of nitrogens with zero attached hydrogens (tertiary/aromatic N) is 2. The molecule has 0 spiro atoms. The number of carbonyl (C=O) groups excluding carboxylic acids is 1. The van der Waals surface area contributed by atoms with Crippen LogP contribution in [0.5, 0.6) is 0 Å². The average Bonchev–Trinajstić information content (AvgIpc) is 3.17. The molecular formula is C18H22N3O2S+. The highest BCUT2D eigenvalue weighted by Gasteiger charge is 2.24. The fourth-order valence-corrected chi connectivity index (χ4v) is 3.51. The number of hydrogen-bond acceptors (Lipinski definition) is 4. The molecule has 0 radical (unpaired) electrons. The molecule has 126 valence electrons. The molecule has 0 atom stereocenters. The number of hydrogen-bond donors (Lipinski definition) is 1. The maximum absolute atomic E-state index is 12.8. The van der Waals surface area contributed by atoms with Gasteiger partial charge in [0, 0.05) is 0 Å². The average molecular weight is 344 g/mol. The SMILES string of the molecule is Cc1cc2nc(N(CC[NH+](C)C)C(=O)c3ccco3)sc2cc1C. The molecule has 0 aliphatic rings. The van der Waals surface area contributed by atoms with Crippen molar-refractivity contribution in [2.75, 3.05) is 32.1 Å². The largest absolute Gasteiger partial charge is 0.459 e. The number of nitrogens with one attached hydrogen (secondary N) is 1. The first kappa shape index (κ1) is 16.7. The van der Waals surface area contributed by atoms with Crippen molar-refractivity contribution < 1.29 is 14.1 Å². The van der Waals surface area contributed by atoms with Crippen LogP contribution in [0.3, 0.4) is 0 Å². The molecule has 0 bridgehead atoms. The van der Waals surface area contributed by atoms with Crippen LogP contribution < -0.4 is 9.80 Å². The Morgan fingerprint density at radius 1 is 1.29 bits per heavy atom. The Labute approximate surface area is 145 Å². The molecule has 2 aromatic heterocycles. The third-order valence-corrected chi connectivity index (χ3v) is 5.08. The number of aryl methyl sites for hydroxylation is 2. The standard InChI is InChI=1S/C18H21N3O2S/c1-12-10-14-16(11-13(12)2)24-18(19-14)21(8-7-20(3)4)17(22)15-6-5-9-23-15/h5-6,9-11H,7-8H2,1-4H3/p+1. The Morgan fingerprint density at radius 3 is 2.71 bits per heavy atom. The van der Waals surface area contributed by atoms with Gasteiger partial charge in [0.15, 0.2) is 10.9 Å². The fourth-order valence-electron chi connectivity index (χ4n) is 2.44. The smallest absolute Gasteiger partial charge is 0.295 e. The number of aromatic nitrogens is 1. The molecular weight excluding hydrogens is 322 g/mol. The number of fused-ring (bicyclic) bond motifs is 1. The summed E-state index contributed by atoms with van der Waals surface area (Å²) < 4.78 is 6.40. The third kappa shape index (κ3) is 3.34. The third-order valence-electron chi connectivity index (χ3n) is 4.04. The first-order chi connectivity index (χ1) is 11.5. The minimum atomic E-state index is -0.145. The first-order valence-electron chi connectivity index (χ1n) is 7.98. The predicted octanol–water partition coefficient (Wildman–Crippen LogP) is 2.30. The van der Waals surface area contributed by atoms with Gasteiger partial charge in [0.25, 0.3) is 5.91 Å². The van der Waals surface area contributed by atoms with E-state index in [1.165, 1.54) is 22.3 Å². The van der Waals surface area contributed by atoms with Gasteiger partial charge >= 0.3 is 0 Å². The summed E-state index contributed by atoms with van der Waals surface area (Å²) in [5.74, 6) is 0.198. The van der Waals surface area contributed by atoms with Crippen LogP contribution in [0.25, 0.3) is 10.2 Å². The lowest BCUT2D eigenvalue weighted by molar-refractivity contribution is -0.856. The number of likely N-dealkylation sites (N-methyl/N-ethyl adjacent to an activating group) is 1. The summed E-state index contributed by atoms with van der Waals surface area (Å²) in [6.45, 7) is 5.60. The van der Waals surface area contributed by atoms with E-state index < -0.39 is 0 Å². The zero-order chi connectivity index (χ0) is 17.3. The van der Waals surface area contributed by atoms with Crippen LogP contribution in [0.2, 0.25) is 0 Å². The predicted molar refractivity (Wildman–Crippen MR) is 97.2 cm³/mol. The number of quaternary nitrogens is 1. The van der Waals surface area contributed by atoms with E-state index in [9.17, 15) is 4.79 Å². The number of carbonyl (C=O) groups is 1. The number of benzene rings is 1. The van der Waals surface area contributed by atoms with Crippen molar-refractivity contribution >= 4 is 32.6 Å². The molecule has 3 rings (SSSR count). The van der Waals surface area contributed by atoms with Crippen molar-refractivity contribution in [3.63, 3.8) is 0 Å². The van der Waals surface area contributed by atoms with E-state index >= 15 is 0 Å². The molecule has 24 heavy (non-hydrogen) atoms. The summed E-state index contributed by atoms with van der Waals surface area (Å²) in [6, 6.07) is 7.64. The lowest BCUT2D eigenvalue weighted by atomic mass is 10.1. The molecule has 3 aromatic rings. The van der Waals surface area contributed by atoms with Crippen LogP contribution in [0, 0.1) is 13.8 Å². The van der Waals surface area contributed by atoms with E-state index in [0.29, 0.717) is 12.3 Å². The Hall–Kier alpha value is -2.18. The van der Waals surface area contributed by atoms with Gasteiger partial charge in [-0.3, -0.25) is 9.69 Å². The van der Waals surface area contributed by atoms with Gasteiger partial charge < -0.3 is 9.32 Å². The van der Waals surface area contributed by atoms with E-state index in [-0.39, 0.29) is 5.91 Å². The molecule has 0 aliphatic heterocycles. The quantitative estimate of drug-likeness (QED) is 0.773. The molecule has 2 heterocycles. The van der Waals surface area contributed by atoms with Gasteiger partial charge in [-0.2, -0.15) is 0 Å². The summed E-state index contributed by atoms with van der Waals surface area (Å²) in [7, 11) is 4.14. The Kier molecular flexibility index (Phi) is 4.69. The second-order valence-corrected chi connectivity index (χ2v) is 7.30. The van der Waals surface area contributed by atoms with Crippen LogP contribution in [-0.4, -0.2) is 38.1 Å². The molecule has 0 saturated heterocycles. The summed E-state index contributed by atoms with van der Waals surface area (Å²) in [5.41, 5.74) is 3.38. The Morgan fingerprint density at radius 2 is 2.04 bits per heavy atom. The summed E-state index contributed by atoms with van der Waals surface area (Å²) >= 11 is 1.55. The molecule has 6 heteroatoms. The maximum atomic E-state index is 12.8. The summed E-state index contributed by atoms with van der Waals surface area (Å²) in [5, 5.41) is 0.720. The van der Waals surface area contributed by atoms with Crippen molar-refractivity contribution in [1.29, 1.82) is 0 Å². The van der Waals surface area contributed by atoms with E-state index in [1.807, 2.05) is 0 Å². The van der Waals surface area contributed by atoms with Gasteiger partial charge in [-0.25, -0.2) is 4.98 Å². The zero-order valence-electron chi connectivity index (χ0n) is 14.4. The van der Waals surface area contributed by atoms with Crippen LogP contribution in [0.15, 0.2) is 34.9 Å². The summed E-state index contributed by atoms with van der Waals surface area (Å²) in [4.78, 5) is 20.5. The van der Waals surface area contributed by atoms with E-state index in [2.05, 4.69) is 40.1 Å². The van der Waals surface area contributed by atoms with Crippen molar-refractivity contribution in [3.05, 3.63) is 47.4 Å². The van der Waals surface area contributed by atoms with E-state index in [4.69, 9.17) is 9.40 Å². The second-order valence-electron chi connectivity index (χ2n) is 6.29. The van der Waals surface area contributed by atoms with Crippen LogP contribution >= 0.6 is 11.3 Å². The van der Waals surface area contributed by atoms with Crippen molar-refractivity contribution in [2.45, 2.75) is 13.8 Å². The Bertz CT molecular complexity index is 814. The van der Waals surface area contributed by atoms with E-state index in [0.717, 1.165) is 21.9 Å². The van der Waals surface area contributed by atoms with Crippen molar-refractivity contribution in [3.8, 4) is 0 Å². The van der Waals surface area contributed by atoms with Gasteiger partial charge in [-0.05, 0) is 49.2 Å². The number of amides is 1. The van der Waals surface area contributed by atoms with Crippen LogP contribution in [-0.2, 0) is 0 Å². The monoisotopic (exact) mass is 344 g/mol. The van der Waals surface area contributed by atoms with Gasteiger partial charge in [-0.15, -0.1) is 0 Å². The van der Waals surface area contributed by atoms with Gasteiger partial charge in [0.2, 0.25) is 0 Å². The second kappa shape index (κ2) is 6.75. The highest BCUT2D eigenvalue weighted by atomic mass is 32.1. The molecule has 0 fully saturated rings. The first-order valence-corrected chi connectivity index (χ1v) is 8.79. The Balaban J connectivity index is 1.99. The molecule has 0 saturated carbocycles. The van der Waals surface area contributed by atoms with Crippen LogP contribution in [0.1, 0.15) is 21.7 Å². The lowest BCUT2D eigenvalue weighted by Gasteiger charge is -2.19. The number of anilines is 1. The minimum absolute atomic E-state index is 0.145. The van der Waals surface area contributed by atoms with Crippen molar-refractivity contribution in [1.82, 2.24) is 4.98 Å². The highest BCUT2D eigenvalue weighted by molar-refractivity contribution is 7.22. The van der Waals surface area contributed by atoms with Crippen molar-refractivity contribution in [2.24, 2.45) is 0 Å². The molecule has 1 N–H and O–H groups in total. The summed E-state index contributed by atoms with van der Waals surface area (Å²) in [6.07, 6.45) is 1.52. The molecule has 1 aromatic carbocycles. The van der Waals surface area contributed by atoms with Gasteiger partial charge in [0.1, 0.15) is 0 Å². The number of thiazole rings is 1. The van der Waals surface area contributed by atoms with Gasteiger partial charge in [-0.1, -0.05) is 11.3 Å². The van der Waals surface area contributed by atoms with Crippen LogP contribution in [0.4, 0.5) is 5.13 Å². The zero-order valence-corrected chi connectivity index (χ0v) is 15.2. The minimum Gasteiger partial charge on any atom is -0.459 e. The lowest BCUT2D eigenvalue weighted by Crippen LogP contribution is -3.06.